The first-order chi connectivity index (χ1) is 17.9. The molecule has 3 aromatic carbocycles. The first kappa shape index (κ1) is 26.0. The van der Waals surface area contributed by atoms with Crippen LogP contribution in [0.25, 0.3) is 0 Å². The SMILES string of the molecule is CC[C@@H]1Oc2ccc(NC(=O)Cc3ccc(F)cc3)cc2CN(CCc2ccc(OC)c(OC)c2)C1=O. The number of amides is 2. The van der Waals surface area contributed by atoms with Crippen molar-refractivity contribution in [3.63, 3.8) is 0 Å². The molecule has 3 aromatic rings. The molecule has 0 unspecified atom stereocenters. The average Bonchev–Trinajstić information content (AvgIpc) is 3.04. The maximum Gasteiger partial charge on any atom is 0.263 e. The fraction of sp³-hybridized carbons (Fsp3) is 0.310. The third kappa shape index (κ3) is 6.39. The van der Waals surface area contributed by atoms with Crippen LogP contribution in [-0.2, 0) is 29.0 Å². The summed E-state index contributed by atoms with van der Waals surface area (Å²) in [7, 11) is 3.19. The summed E-state index contributed by atoms with van der Waals surface area (Å²) in [5.74, 6) is 1.30. The largest absolute Gasteiger partial charge is 0.493 e. The maximum absolute atomic E-state index is 13.2. The molecule has 0 saturated heterocycles. The molecule has 0 aliphatic carbocycles. The molecule has 4 rings (SSSR count). The van der Waals surface area contributed by atoms with E-state index in [9.17, 15) is 14.0 Å². The summed E-state index contributed by atoms with van der Waals surface area (Å²) in [6, 6.07) is 17.0. The van der Waals surface area contributed by atoms with Gasteiger partial charge in [0.05, 0.1) is 20.6 Å². The van der Waals surface area contributed by atoms with Gasteiger partial charge in [-0.2, -0.15) is 0 Å². The van der Waals surface area contributed by atoms with Gasteiger partial charge in [0.1, 0.15) is 11.6 Å². The van der Waals surface area contributed by atoms with Crippen molar-refractivity contribution < 1.29 is 28.2 Å². The Bertz CT molecular complexity index is 1260. The Hall–Kier alpha value is -4.07. The van der Waals surface area contributed by atoms with Gasteiger partial charge in [-0.25, -0.2) is 4.39 Å². The topological polar surface area (TPSA) is 77.1 Å². The van der Waals surface area contributed by atoms with Gasteiger partial charge in [-0.1, -0.05) is 25.1 Å². The van der Waals surface area contributed by atoms with Crippen LogP contribution in [0.4, 0.5) is 10.1 Å². The zero-order valence-electron chi connectivity index (χ0n) is 21.3. The second kappa shape index (κ2) is 11.8. The molecule has 1 atom stereocenters. The Morgan fingerprint density at radius 1 is 1.03 bits per heavy atom. The zero-order chi connectivity index (χ0) is 26.4. The van der Waals surface area contributed by atoms with Crippen molar-refractivity contribution in [2.45, 2.75) is 38.8 Å². The van der Waals surface area contributed by atoms with E-state index < -0.39 is 6.10 Å². The molecule has 0 saturated carbocycles. The lowest BCUT2D eigenvalue weighted by Crippen LogP contribution is -2.40. The number of fused-ring (bicyclic) bond motifs is 1. The number of hydrogen-bond donors (Lipinski definition) is 1. The summed E-state index contributed by atoms with van der Waals surface area (Å²) in [6.07, 6.45) is 0.722. The van der Waals surface area contributed by atoms with Gasteiger partial charge in [-0.3, -0.25) is 9.59 Å². The smallest absolute Gasteiger partial charge is 0.263 e. The van der Waals surface area contributed by atoms with Gasteiger partial charge < -0.3 is 24.4 Å². The van der Waals surface area contributed by atoms with Gasteiger partial charge in [0, 0.05) is 24.3 Å². The van der Waals surface area contributed by atoms with E-state index in [0.29, 0.717) is 48.9 Å². The quantitative estimate of drug-likeness (QED) is 0.453. The Balaban J connectivity index is 1.48. The molecule has 1 aliphatic heterocycles. The van der Waals surface area contributed by atoms with Crippen LogP contribution in [0.2, 0.25) is 0 Å². The number of methoxy groups -OCH3 is 2. The molecule has 0 bridgehead atoms. The van der Waals surface area contributed by atoms with Crippen LogP contribution in [0.3, 0.4) is 0 Å². The van der Waals surface area contributed by atoms with Gasteiger partial charge >= 0.3 is 0 Å². The van der Waals surface area contributed by atoms with E-state index in [4.69, 9.17) is 14.2 Å². The van der Waals surface area contributed by atoms with Crippen LogP contribution in [0, 0.1) is 5.82 Å². The molecule has 1 aliphatic rings. The minimum absolute atomic E-state index is 0.0685. The number of carbonyl (C=O) groups excluding carboxylic acids is 2. The van der Waals surface area contributed by atoms with E-state index >= 15 is 0 Å². The second-order valence-corrected chi connectivity index (χ2v) is 8.89. The average molecular weight is 507 g/mol. The first-order valence-corrected chi connectivity index (χ1v) is 12.2. The monoisotopic (exact) mass is 506 g/mol. The number of ether oxygens (including phenoxy) is 3. The number of nitrogens with zero attached hydrogens (tertiary/aromatic N) is 1. The number of anilines is 1. The van der Waals surface area contributed by atoms with Gasteiger partial charge in [0.15, 0.2) is 17.6 Å². The predicted molar refractivity (Wildman–Crippen MR) is 139 cm³/mol. The number of carbonyl (C=O) groups is 2. The van der Waals surface area contributed by atoms with E-state index in [1.807, 2.05) is 31.2 Å². The Kier molecular flexibility index (Phi) is 8.28. The van der Waals surface area contributed by atoms with Crippen LogP contribution in [0.1, 0.15) is 30.0 Å². The van der Waals surface area contributed by atoms with Gasteiger partial charge in [-0.15, -0.1) is 0 Å². The summed E-state index contributed by atoms with van der Waals surface area (Å²) >= 11 is 0. The zero-order valence-corrected chi connectivity index (χ0v) is 21.3. The minimum atomic E-state index is -0.578. The molecule has 0 aromatic heterocycles. The normalized spacial score (nSPS) is 14.9. The second-order valence-electron chi connectivity index (χ2n) is 8.89. The highest BCUT2D eigenvalue weighted by Crippen LogP contribution is 2.31. The lowest BCUT2D eigenvalue weighted by molar-refractivity contribution is -0.138. The predicted octanol–water partition coefficient (Wildman–Crippen LogP) is 4.77. The number of rotatable bonds is 9. The Morgan fingerprint density at radius 2 is 1.76 bits per heavy atom. The summed E-state index contributed by atoms with van der Waals surface area (Å²) < 4.78 is 29.9. The molecule has 1 heterocycles. The fourth-order valence-electron chi connectivity index (χ4n) is 4.33. The molecule has 1 N–H and O–H groups in total. The van der Waals surface area contributed by atoms with Crippen molar-refractivity contribution in [1.82, 2.24) is 4.90 Å². The number of nitrogens with one attached hydrogen (secondary N) is 1. The summed E-state index contributed by atoms with van der Waals surface area (Å²) in [6.45, 7) is 2.78. The van der Waals surface area contributed by atoms with Gasteiger partial charge in [0.25, 0.3) is 5.91 Å². The molecular weight excluding hydrogens is 475 g/mol. The van der Waals surface area contributed by atoms with Crippen LogP contribution in [0.15, 0.2) is 60.7 Å². The van der Waals surface area contributed by atoms with E-state index in [1.54, 1.807) is 43.4 Å². The van der Waals surface area contributed by atoms with E-state index in [2.05, 4.69) is 5.32 Å². The van der Waals surface area contributed by atoms with Gasteiger partial charge in [-0.05, 0) is 66.4 Å². The van der Waals surface area contributed by atoms with E-state index in [0.717, 1.165) is 16.7 Å². The fourth-order valence-corrected chi connectivity index (χ4v) is 4.33. The van der Waals surface area contributed by atoms with Gasteiger partial charge in [0.2, 0.25) is 5.91 Å². The summed E-state index contributed by atoms with van der Waals surface area (Å²) in [5.41, 5.74) is 3.16. The summed E-state index contributed by atoms with van der Waals surface area (Å²) in [5, 5.41) is 2.89. The highest BCUT2D eigenvalue weighted by molar-refractivity contribution is 5.92. The maximum atomic E-state index is 13.2. The molecule has 37 heavy (non-hydrogen) atoms. The summed E-state index contributed by atoms with van der Waals surface area (Å²) in [4.78, 5) is 27.6. The molecule has 2 amide bonds. The molecule has 194 valence electrons. The molecule has 8 heteroatoms. The van der Waals surface area contributed by atoms with Crippen molar-refractivity contribution in [3.8, 4) is 17.2 Å². The van der Waals surface area contributed by atoms with Crippen molar-refractivity contribution in [2.75, 3.05) is 26.1 Å². The molecule has 0 spiro atoms. The van der Waals surface area contributed by atoms with Crippen molar-refractivity contribution >= 4 is 17.5 Å². The van der Waals surface area contributed by atoms with E-state index in [-0.39, 0.29) is 24.1 Å². The molecule has 7 nitrogen and oxygen atoms in total. The number of hydrogen-bond acceptors (Lipinski definition) is 5. The minimum Gasteiger partial charge on any atom is -0.493 e. The van der Waals surface area contributed by atoms with Crippen LogP contribution in [0.5, 0.6) is 17.2 Å². The number of benzene rings is 3. The lowest BCUT2D eigenvalue weighted by atomic mass is 10.1. The van der Waals surface area contributed by atoms with Crippen LogP contribution >= 0.6 is 0 Å². The van der Waals surface area contributed by atoms with E-state index in [1.165, 1.54) is 12.1 Å². The Labute approximate surface area is 216 Å². The standard InChI is InChI=1S/C29H31FN2O5/c1-4-24-29(34)32(14-13-20-7-11-26(35-2)27(15-20)36-3)18-21-17-23(10-12-25(21)37-24)31-28(33)16-19-5-8-22(30)9-6-19/h5-12,15,17,24H,4,13-14,16,18H2,1-3H3,(H,31,33)/t24-/m0/s1. The molecule has 0 fully saturated rings. The third-order valence-corrected chi connectivity index (χ3v) is 6.33. The van der Waals surface area contributed by atoms with Crippen molar-refractivity contribution in [2.24, 2.45) is 0 Å². The molecular formula is C29H31FN2O5. The highest BCUT2D eigenvalue weighted by atomic mass is 19.1. The lowest BCUT2D eigenvalue weighted by Gasteiger charge is -2.23. The van der Waals surface area contributed by atoms with Crippen molar-refractivity contribution in [3.05, 3.63) is 83.2 Å². The molecule has 0 radical (unpaired) electrons. The van der Waals surface area contributed by atoms with Crippen LogP contribution in [-0.4, -0.2) is 43.6 Å². The third-order valence-electron chi connectivity index (χ3n) is 6.33. The van der Waals surface area contributed by atoms with Crippen molar-refractivity contribution in [1.29, 1.82) is 0 Å². The highest BCUT2D eigenvalue weighted by Gasteiger charge is 2.30. The Morgan fingerprint density at radius 3 is 2.46 bits per heavy atom. The number of halogens is 1. The first-order valence-electron chi connectivity index (χ1n) is 12.2. The van der Waals surface area contributed by atoms with Crippen LogP contribution < -0.4 is 19.5 Å².